The van der Waals surface area contributed by atoms with Gasteiger partial charge >= 0.3 is 0 Å². The molecule has 2 aliphatic heterocycles. The van der Waals surface area contributed by atoms with Crippen molar-refractivity contribution < 1.29 is 24.4 Å². The SMILES string of the molecule is Oc1ccccc1[C@@H](c1cc2c(cc1O)OCO2)N1CCOCC1. The molecule has 1 fully saturated rings. The topological polar surface area (TPSA) is 71.4 Å². The molecule has 6 heteroatoms. The molecular formula is C18H19NO5. The Balaban J connectivity index is 1.82. The lowest BCUT2D eigenvalue weighted by atomic mass is 9.94. The normalized spacial score (nSPS) is 18.5. The molecule has 0 aliphatic carbocycles. The molecule has 2 aliphatic rings. The minimum absolute atomic E-state index is 0.124. The summed E-state index contributed by atoms with van der Waals surface area (Å²) in [5, 5.41) is 20.9. The van der Waals surface area contributed by atoms with Crippen LogP contribution in [0, 0.1) is 0 Å². The van der Waals surface area contributed by atoms with Gasteiger partial charge in [0.25, 0.3) is 0 Å². The maximum absolute atomic E-state index is 10.6. The van der Waals surface area contributed by atoms with Crippen LogP contribution < -0.4 is 9.47 Å². The summed E-state index contributed by atoms with van der Waals surface area (Å²) >= 11 is 0. The van der Waals surface area contributed by atoms with Crippen LogP contribution in [0.3, 0.4) is 0 Å². The molecule has 2 N–H and O–H groups in total. The number of phenolic OH excluding ortho intramolecular Hbond substituents is 2. The molecule has 0 aromatic heterocycles. The van der Waals surface area contributed by atoms with E-state index >= 15 is 0 Å². The van der Waals surface area contributed by atoms with Gasteiger partial charge in [-0.25, -0.2) is 0 Å². The third-order valence-corrected chi connectivity index (χ3v) is 4.46. The Morgan fingerprint density at radius 3 is 2.33 bits per heavy atom. The first-order chi connectivity index (χ1) is 11.7. The lowest BCUT2D eigenvalue weighted by Crippen LogP contribution is -2.39. The second-order valence-corrected chi connectivity index (χ2v) is 5.87. The van der Waals surface area contributed by atoms with E-state index in [2.05, 4.69) is 4.90 Å². The standard InChI is InChI=1S/C18H19NO5/c20-14-4-2-1-3-12(14)18(19-5-7-22-8-6-19)13-9-16-17(10-15(13)21)24-11-23-16/h1-4,9-10,18,20-21H,5-8,11H2/t18-/m0/s1. The van der Waals surface area contributed by atoms with Crippen LogP contribution in [0.2, 0.25) is 0 Å². The zero-order chi connectivity index (χ0) is 16.5. The quantitative estimate of drug-likeness (QED) is 0.900. The van der Waals surface area contributed by atoms with Crippen molar-refractivity contribution in [3.8, 4) is 23.0 Å². The molecule has 0 radical (unpaired) electrons. The highest BCUT2D eigenvalue weighted by Gasteiger charge is 2.30. The average Bonchev–Trinajstić information content (AvgIpc) is 3.05. The molecular weight excluding hydrogens is 310 g/mol. The van der Waals surface area contributed by atoms with Gasteiger partial charge < -0.3 is 24.4 Å². The van der Waals surface area contributed by atoms with Crippen molar-refractivity contribution in [1.29, 1.82) is 0 Å². The molecule has 1 saturated heterocycles. The predicted octanol–water partition coefficient (Wildman–Crippen LogP) is 2.25. The predicted molar refractivity (Wildman–Crippen MR) is 86.6 cm³/mol. The number of morpholine rings is 1. The van der Waals surface area contributed by atoms with Crippen LogP contribution in [0.15, 0.2) is 36.4 Å². The molecule has 1 atom stereocenters. The first kappa shape index (κ1) is 15.1. The first-order valence-electron chi connectivity index (χ1n) is 7.96. The Morgan fingerprint density at radius 1 is 0.875 bits per heavy atom. The molecule has 24 heavy (non-hydrogen) atoms. The summed E-state index contributed by atoms with van der Waals surface area (Å²) in [6.45, 7) is 2.82. The minimum atomic E-state index is -0.287. The second kappa shape index (κ2) is 6.22. The monoisotopic (exact) mass is 329 g/mol. The minimum Gasteiger partial charge on any atom is -0.508 e. The number of para-hydroxylation sites is 1. The molecule has 126 valence electrons. The van der Waals surface area contributed by atoms with Crippen molar-refractivity contribution in [2.45, 2.75) is 6.04 Å². The number of hydrogen-bond acceptors (Lipinski definition) is 6. The molecule has 6 nitrogen and oxygen atoms in total. The van der Waals surface area contributed by atoms with E-state index in [9.17, 15) is 10.2 Å². The number of fused-ring (bicyclic) bond motifs is 1. The van der Waals surface area contributed by atoms with E-state index in [1.54, 1.807) is 24.3 Å². The lowest BCUT2D eigenvalue weighted by molar-refractivity contribution is 0.0231. The molecule has 2 aromatic carbocycles. The van der Waals surface area contributed by atoms with Crippen molar-refractivity contribution in [3.63, 3.8) is 0 Å². The molecule has 0 saturated carbocycles. The van der Waals surface area contributed by atoms with E-state index in [4.69, 9.17) is 14.2 Å². The smallest absolute Gasteiger partial charge is 0.231 e. The van der Waals surface area contributed by atoms with E-state index in [0.717, 1.165) is 5.56 Å². The summed E-state index contributed by atoms with van der Waals surface area (Å²) in [5.41, 5.74) is 1.43. The van der Waals surface area contributed by atoms with E-state index < -0.39 is 0 Å². The molecule has 0 spiro atoms. The van der Waals surface area contributed by atoms with Gasteiger partial charge in [0.2, 0.25) is 6.79 Å². The second-order valence-electron chi connectivity index (χ2n) is 5.87. The van der Waals surface area contributed by atoms with Crippen molar-refractivity contribution in [2.24, 2.45) is 0 Å². The summed E-state index contributed by atoms with van der Waals surface area (Å²) in [6, 6.07) is 10.3. The van der Waals surface area contributed by atoms with Crippen LogP contribution in [-0.4, -0.2) is 48.2 Å². The summed E-state index contributed by atoms with van der Waals surface area (Å²) in [6.07, 6.45) is 0. The third kappa shape index (κ3) is 2.64. The van der Waals surface area contributed by atoms with Crippen LogP contribution in [-0.2, 0) is 4.74 Å². The highest BCUT2D eigenvalue weighted by Crippen LogP contribution is 2.44. The van der Waals surface area contributed by atoms with E-state index in [1.807, 2.05) is 12.1 Å². The fourth-order valence-electron chi connectivity index (χ4n) is 3.28. The summed E-state index contributed by atoms with van der Waals surface area (Å²) in [4.78, 5) is 2.19. The largest absolute Gasteiger partial charge is 0.508 e. The van der Waals surface area contributed by atoms with Gasteiger partial charge in [-0.05, 0) is 12.1 Å². The Bertz CT molecular complexity index is 742. The Morgan fingerprint density at radius 2 is 1.58 bits per heavy atom. The number of rotatable bonds is 3. The van der Waals surface area contributed by atoms with Crippen molar-refractivity contribution in [1.82, 2.24) is 4.90 Å². The summed E-state index contributed by atoms with van der Waals surface area (Å²) in [7, 11) is 0. The maximum atomic E-state index is 10.6. The van der Waals surface area contributed by atoms with E-state index in [1.165, 1.54) is 0 Å². The summed E-state index contributed by atoms with van der Waals surface area (Å²) < 4.78 is 16.2. The fraction of sp³-hybridized carbons (Fsp3) is 0.333. The van der Waals surface area contributed by atoms with Gasteiger partial charge in [-0.3, -0.25) is 4.90 Å². The fourth-order valence-corrected chi connectivity index (χ4v) is 3.28. The molecule has 0 bridgehead atoms. The number of benzene rings is 2. The van der Waals surface area contributed by atoms with E-state index in [0.29, 0.717) is 43.4 Å². The molecule has 0 amide bonds. The van der Waals surface area contributed by atoms with Crippen LogP contribution in [0.4, 0.5) is 0 Å². The van der Waals surface area contributed by atoms with Crippen LogP contribution in [0.1, 0.15) is 17.2 Å². The molecule has 2 aromatic rings. The number of aromatic hydroxyl groups is 2. The van der Waals surface area contributed by atoms with Gasteiger partial charge in [-0.1, -0.05) is 18.2 Å². The Labute approximate surface area is 139 Å². The van der Waals surface area contributed by atoms with Crippen molar-refractivity contribution in [2.75, 3.05) is 33.1 Å². The van der Waals surface area contributed by atoms with Crippen molar-refractivity contribution in [3.05, 3.63) is 47.5 Å². The zero-order valence-electron chi connectivity index (χ0n) is 13.1. The number of ether oxygens (including phenoxy) is 3. The summed E-state index contributed by atoms with van der Waals surface area (Å²) in [5.74, 6) is 1.47. The number of hydrogen-bond donors (Lipinski definition) is 2. The molecule has 4 rings (SSSR count). The number of nitrogens with zero attached hydrogens (tertiary/aromatic N) is 1. The Kier molecular flexibility index (Phi) is 3.92. The highest BCUT2D eigenvalue weighted by atomic mass is 16.7. The zero-order valence-corrected chi connectivity index (χ0v) is 13.1. The van der Waals surface area contributed by atoms with Gasteiger partial charge in [-0.15, -0.1) is 0 Å². The van der Waals surface area contributed by atoms with Gasteiger partial charge in [0.15, 0.2) is 11.5 Å². The number of phenols is 2. The van der Waals surface area contributed by atoms with Crippen LogP contribution in [0.25, 0.3) is 0 Å². The van der Waals surface area contributed by atoms with Gasteiger partial charge in [0.05, 0.1) is 19.3 Å². The third-order valence-electron chi connectivity index (χ3n) is 4.46. The van der Waals surface area contributed by atoms with Crippen LogP contribution in [0.5, 0.6) is 23.0 Å². The van der Waals surface area contributed by atoms with E-state index in [-0.39, 0.29) is 24.3 Å². The van der Waals surface area contributed by atoms with Gasteiger partial charge in [0.1, 0.15) is 11.5 Å². The Hall–Kier alpha value is -2.44. The highest BCUT2D eigenvalue weighted by molar-refractivity contribution is 5.55. The van der Waals surface area contributed by atoms with Crippen LogP contribution >= 0.6 is 0 Å². The lowest BCUT2D eigenvalue weighted by Gasteiger charge is -2.35. The molecule has 2 heterocycles. The van der Waals surface area contributed by atoms with Crippen molar-refractivity contribution >= 4 is 0 Å². The first-order valence-corrected chi connectivity index (χ1v) is 7.96. The van der Waals surface area contributed by atoms with Gasteiger partial charge in [0, 0.05) is 30.3 Å². The average molecular weight is 329 g/mol. The molecule has 0 unspecified atom stereocenters. The maximum Gasteiger partial charge on any atom is 0.231 e. The van der Waals surface area contributed by atoms with Gasteiger partial charge in [-0.2, -0.15) is 0 Å².